The first-order valence-corrected chi connectivity index (χ1v) is 8.56. The lowest BCUT2D eigenvalue weighted by Crippen LogP contribution is -2.42. The highest BCUT2D eigenvalue weighted by Crippen LogP contribution is 2.23. The van der Waals surface area contributed by atoms with E-state index in [2.05, 4.69) is 22.1 Å². The number of aryl methyl sites for hydroxylation is 1. The predicted octanol–water partition coefficient (Wildman–Crippen LogP) is 2.64. The van der Waals surface area contributed by atoms with Crippen molar-refractivity contribution in [2.24, 2.45) is 0 Å². The molecule has 1 heterocycles. The molecule has 0 aliphatic heterocycles. The maximum absolute atomic E-state index is 12.4. The van der Waals surface area contributed by atoms with E-state index >= 15 is 0 Å². The zero-order chi connectivity index (χ0) is 14.4. The fourth-order valence-corrected chi connectivity index (χ4v) is 3.44. The van der Waals surface area contributed by atoms with Gasteiger partial charge in [-0.1, -0.05) is 37.9 Å². The first-order chi connectivity index (χ1) is 9.74. The van der Waals surface area contributed by atoms with Crippen LogP contribution in [0.5, 0.6) is 0 Å². The van der Waals surface area contributed by atoms with Crippen molar-refractivity contribution < 1.29 is 4.79 Å². The largest absolute Gasteiger partial charge is 0.339 e. The zero-order valence-electron chi connectivity index (χ0n) is 12.4. The molecule has 0 atom stereocenters. The van der Waals surface area contributed by atoms with Gasteiger partial charge in [-0.2, -0.15) is 0 Å². The molecular formula is C14H24N4OS. The van der Waals surface area contributed by atoms with E-state index in [1.807, 2.05) is 11.8 Å². The molecule has 2 rings (SSSR count). The van der Waals surface area contributed by atoms with E-state index in [0.29, 0.717) is 17.0 Å². The van der Waals surface area contributed by atoms with Gasteiger partial charge in [0.2, 0.25) is 11.1 Å². The van der Waals surface area contributed by atoms with Gasteiger partial charge in [-0.15, -0.1) is 5.10 Å². The zero-order valence-corrected chi connectivity index (χ0v) is 13.2. The number of nitrogens with one attached hydrogen (secondary N) is 1. The number of aromatic amines is 1. The van der Waals surface area contributed by atoms with E-state index in [1.54, 1.807) is 0 Å². The second-order valence-corrected chi connectivity index (χ2v) is 6.12. The quantitative estimate of drug-likeness (QED) is 0.820. The molecule has 1 N–H and O–H groups in total. The van der Waals surface area contributed by atoms with Crippen molar-refractivity contribution in [3.63, 3.8) is 0 Å². The third-order valence-electron chi connectivity index (χ3n) is 3.85. The Labute approximate surface area is 124 Å². The average Bonchev–Trinajstić information content (AvgIpc) is 2.95. The van der Waals surface area contributed by atoms with E-state index in [0.717, 1.165) is 31.6 Å². The molecule has 1 aromatic rings. The van der Waals surface area contributed by atoms with Crippen molar-refractivity contribution in [3.05, 3.63) is 5.82 Å². The number of rotatable bonds is 6. The number of carbonyl (C=O) groups excluding carboxylic acids is 1. The van der Waals surface area contributed by atoms with Gasteiger partial charge in [0, 0.05) is 19.0 Å². The number of nitrogens with zero attached hydrogens (tertiary/aromatic N) is 3. The Hall–Kier alpha value is -1.04. The molecule has 0 bridgehead atoms. The van der Waals surface area contributed by atoms with Gasteiger partial charge in [0.1, 0.15) is 5.82 Å². The predicted molar refractivity (Wildman–Crippen MR) is 80.7 cm³/mol. The number of thioether (sulfide) groups is 1. The third kappa shape index (κ3) is 3.98. The minimum Gasteiger partial charge on any atom is -0.339 e. The average molecular weight is 296 g/mol. The SMILES string of the molecule is CCc1nc(SCC(=O)N(CC)C2CCCCC2)n[nH]1. The van der Waals surface area contributed by atoms with Gasteiger partial charge >= 0.3 is 0 Å². The summed E-state index contributed by atoms with van der Waals surface area (Å²) >= 11 is 1.43. The van der Waals surface area contributed by atoms with Crippen LogP contribution < -0.4 is 0 Å². The molecule has 20 heavy (non-hydrogen) atoms. The fourth-order valence-electron chi connectivity index (χ4n) is 2.74. The number of H-pyrrole nitrogens is 1. The van der Waals surface area contributed by atoms with Crippen LogP contribution in [0.4, 0.5) is 0 Å². The second kappa shape index (κ2) is 7.67. The number of carbonyl (C=O) groups is 1. The Morgan fingerprint density at radius 3 is 2.70 bits per heavy atom. The molecule has 1 aliphatic rings. The second-order valence-electron chi connectivity index (χ2n) is 5.18. The summed E-state index contributed by atoms with van der Waals surface area (Å²) in [5, 5.41) is 7.67. The van der Waals surface area contributed by atoms with Crippen LogP contribution in [0.1, 0.15) is 51.8 Å². The molecule has 5 nitrogen and oxygen atoms in total. The van der Waals surface area contributed by atoms with Crippen LogP contribution in [-0.2, 0) is 11.2 Å². The van der Waals surface area contributed by atoms with Gasteiger partial charge in [0.05, 0.1) is 5.75 Å². The van der Waals surface area contributed by atoms with Crippen LogP contribution >= 0.6 is 11.8 Å². The molecule has 1 aromatic heterocycles. The van der Waals surface area contributed by atoms with Gasteiger partial charge in [-0.3, -0.25) is 9.89 Å². The molecule has 6 heteroatoms. The van der Waals surface area contributed by atoms with Crippen molar-refractivity contribution in [3.8, 4) is 0 Å². The molecule has 1 fully saturated rings. The van der Waals surface area contributed by atoms with Crippen LogP contribution in [-0.4, -0.2) is 44.3 Å². The maximum Gasteiger partial charge on any atom is 0.233 e. The highest BCUT2D eigenvalue weighted by Gasteiger charge is 2.24. The van der Waals surface area contributed by atoms with Gasteiger partial charge < -0.3 is 4.90 Å². The van der Waals surface area contributed by atoms with E-state index in [9.17, 15) is 4.79 Å². The van der Waals surface area contributed by atoms with Crippen molar-refractivity contribution in [1.82, 2.24) is 20.1 Å². The lowest BCUT2D eigenvalue weighted by molar-refractivity contribution is -0.131. The van der Waals surface area contributed by atoms with Crippen LogP contribution in [0.25, 0.3) is 0 Å². The van der Waals surface area contributed by atoms with Crippen molar-refractivity contribution in [2.75, 3.05) is 12.3 Å². The summed E-state index contributed by atoms with van der Waals surface area (Å²) in [5.41, 5.74) is 0. The maximum atomic E-state index is 12.4. The standard InChI is InChI=1S/C14H24N4OS/c1-3-12-15-14(17-16-12)20-10-13(19)18(4-2)11-8-6-5-7-9-11/h11H,3-10H2,1-2H3,(H,15,16,17). The monoisotopic (exact) mass is 296 g/mol. The molecule has 0 aromatic carbocycles. The summed E-state index contributed by atoms with van der Waals surface area (Å²) < 4.78 is 0. The molecule has 0 saturated heterocycles. The summed E-state index contributed by atoms with van der Waals surface area (Å²) in [7, 11) is 0. The lowest BCUT2D eigenvalue weighted by atomic mass is 9.94. The third-order valence-corrected chi connectivity index (χ3v) is 4.68. The van der Waals surface area contributed by atoms with Crippen molar-refractivity contribution in [1.29, 1.82) is 0 Å². The summed E-state index contributed by atoms with van der Waals surface area (Å²) in [6.07, 6.45) is 6.97. The molecule has 112 valence electrons. The van der Waals surface area contributed by atoms with Crippen LogP contribution in [0, 0.1) is 0 Å². The molecule has 1 saturated carbocycles. The van der Waals surface area contributed by atoms with Gasteiger partial charge in [0.25, 0.3) is 0 Å². The van der Waals surface area contributed by atoms with Crippen LogP contribution in [0.15, 0.2) is 5.16 Å². The topological polar surface area (TPSA) is 61.9 Å². The summed E-state index contributed by atoms with van der Waals surface area (Å²) in [4.78, 5) is 18.7. The smallest absolute Gasteiger partial charge is 0.233 e. The number of amides is 1. The van der Waals surface area contributed by atoms with Crippen molar-refractivity contribution >= 4 is 17.7 Å². The molecule has 1 aliphatic carbocycles. The fraction of sp³-hybridized carbons (Fsp3) is 0.786. The molecule has 0 spiro atoms. The minimum atomic E-state index is 0.215. The highest BCUT2D eigenvalue weighted by molar-refractivity contribution is 7.99. The Kier molecular flexibility index (Phi) is 5.88. The lowest BCUT2D eigenvalue weighted by Gasteiger charge is -2.33. The summed E-state index contributed by atoms with van der Waals surface area (Å²) in [5.74, 6) is 1.53. The Morgan fingerprint density at radius 1 is 1.35 bits per heavy atom. The van der Waals surface area contributed by atoms with Crippen LogP contribution in [0.2, 0.25) is 0 Å². The van der Waals surface area contributed by atoms with E-state index in [-0.39, 0.29) is 5.91 Å². The molecule has 0 unspecified atom stereocenters. The van der Waals surface area contributed by atoms with Gasteiger partial charge in [-0.05, 0) is 19.8 Å². The van der Waals surface area contributed by atoms with E-state index < -0.39 is 0 Å². The number of hydrogen-bond acceptors (Lipinski definition) is 4. The molecule has 1 amide bonds. The van der Waals surface area contributed by atoms with Crippen molar-refractivity contribution in [2.45, 2.75) is 63.6 Å². The Morgan fingerprint density at radius 2 is 2.10 bits per heavy atom. The Bertz CT molecular complexity index is 429. The van der Waals surface area contributed by atoms with Gasteiger partial charge in [-0.25, -0.2) is 4.98 Å². The first-order valence-electron chi connectivity index (χ1n) is 7.58. The van der Waals surface area contributed by atoms with Crippen LogP contribution in [0.3, 0.4) is 0 Å². The van der Waals surface area contributed by atoms with E-state index in [4.69, 9.17) is 0 Å². The molecular weight excluding hydrogens is 272 g/mol. The van der Waals surface area contributed by atoms with Gasteiger partial charge in [0.15, 0.2) is 0 Å². The highest BCUT2D eigenvalue weighted by atomic mass is 32.2. The minimum absolute atomic E-state index is 0.215. The number of aromatic nitrogens is 3. The first kappa shape index (κ1) is 15.4. The normalized spacial score (nSPS) is 16.3. The number of hydrogen-bond donors (Lipinski definition) is 1. The summed E-state index contributed by atoms with van der Waals surface area (Å²) in [6, 6.07) is 0.445. The summed E-state index contributed by atoms with van der Waals surface area (Å²) in [6.45, 7) is 4.90. The molecule has 0 radical (unpaired) electrons. The van der Waals surface area contributed by atoms with E-state index in [1.165, 1.54) is 31.0 Å². The Balaban J connectivity index is 1.85.